The van der Waals surface area contributed by atoms with E-state index in [1.54, 1.807) is 4.68 Å². The molecule has 0 aliphatic carbocycles. The number of rotatable bonds is 6. The molecule has 2 aliphatic rings. The molecule has 5 rings (SSSR count). The molecule has 32 heavy (non-hydrogen) atoms. The molecule has 1 fully saturated rings. The summed E-state index contributed by atoms with van der Waals surface area (Å²) in [7, 11) is 0. The molecule has 0 radical (unpaired) electrons. The second-order valence-electron chi connectivity index (χ2n) is 8.56. The lowest BCUT2D eigenvalue weighted by molar-refractivity contribution is -0.117. The van der Waals surface area contributed by atoms with Gasteiger partial charge in [0.2, 0.25) is 5.91 Å². The van der Waals surface area contributed by atoms with E-state index in [1.165, 1.54) is 11.1 Å². The zero-order valence-corrected chi connectivity index (χ0v) is 18.5. The van der Waals surface area contributed by atoms with Crippen LogP contribution in [-0.2, 0) is 17.8 Å². The van der Waals surface area contributed by atoms with Gasteiger partial charge in [0.15, 0.2) is 0 Å². The Morgan fingerprint density at radius 3 is 2.62 bits per heavy atom. The van der Waals surface area contributed by atoms with Gasteiger partial charge in [-0.1, -0.05) is 30.3 Å². The Kier molecular flexibility index (Phi) is 5.92. The van der Waals surface area contributed by atoms with Crippen molar-refractivity contribution in [3.05, 3.63) is 71.4 Å². The van der Waals surface area contributed by atoms with Crippen LogP contribution >= 0.6 is 0 Å². The Bertz CT molecular complexity index is 1090. The molecular weight excluding hydrogens is 402 g/mol. The molecule has 1 saturated heterocycles. The molecule has 3 aromatic rings. The molecule has 0 atom stereocenters. The number of benzene rings is 2. The molecule has 0 saturated carbocycles. The van der Waals surface area contributed by atoms with Gasteiger partial charge in [-0.15, -0.1) is 0 Å². The number of ether oxygens (including phenoxy) is 1. The fraction of sp³-hybridized carbons (Fsp3) is 0.360. The van der Waals surface area contributed by atoms with Gasteiger partial charge >= 0.3 is 0 Å². The predicted molar refractivity (Wildman–Crippen MR) is 124 cm³/mol. The first-order chi connectivity index (χ1) is 15.6. The predicted octanol–water partition coefficient (Wildman–Crippen LogP) is 2.87. The van der Waals surface area contributed by atoms with E-state index in [4.69, 9.17) is 4.74 Å². The van der Waals surface area contributed by atoms with Crippen LogP contribution in [0.2, 0.25) is 0 Å². The van der Waals surface area contributed by atoms with E-state index in [-0.39, 0.29) is 5.91 Å². The molecule has 1 N–H and O–H groups in total. The highest BCUT2D eigenvalue weighted by Crippen LogP contribution is 2.26. The van der Waals surface area contributed by atoms with Gasteiger partial charge in [-0.25, -0.2) is 4.68 Å². The quantitative estimate of drug-likeness (QED) is 0.650. The second-order valence-corrected chi connectivity index (χ2v) is 8.56. The Morgan fingerprint density at radius 1 is 1.03 bits per heavy atom. The third-order valence-electron chi connectivity index (χ3n) is 6.09. The van der Waals surface area contributed by atoms with E-state index >= 15 is 0 Å². The van der Waals surface area contributed by atoms with Crippen LogP contribution in [0.15, 0.2) is 54.6 Å². The minimum absolute atomic E-state index is 0.00541. The van der Waals surface area contributed by atoms with Crippen LogP contribution in [0.25, 0.3) is 5.69 Å². The Labute approximate surface area is 188 Å². The van der Waals surface area contributed by atoms with Gasteiger partial charge in [0.1, 0.15) is 11.6 Å². The van der Waals surface area contributed by atoms with Crippen molar-refractivity contribution in [3.8, 4) is 11.4 Å². The number of aromatic nitrogens is 2. The van der Waals surface area contributed by atoms with Crippen LogP contribution < -0.4 is 10.1 Å². The number of carbonyl (C=O) groups is 1. The molecular formula is C25H29N5O2. The monoisotopic (exact) mass is 431 g/mol. The number of nitrogens with one attached hydrogen (secondary N) is 1. The zero-order valence-electron chi connectivity index (χ0n) is 18.5. The van der Waals surface area contributed by atoms with Crippen LogP contribution in [0.5, 0.6) is 5.75 Å². The number of hydrogen-bond donors (Lipinski definition) is 1. The summed E-state index contributed by atoms with van der Waals surface area (Å²) in [4.78, 5) is 17.4. The number of amides is 1. The van der Waals surface area contributed by atoms with E-state index < -0.39 is 0 Å². The number of piperazine rings is 1. The van der Waals surface area contributed by atoms with Crippen molar-refractivity contribution >= 4 is 11.7 Å². The van der Waals surface area contributed by atoms with Crippen LogP contribution in [0, 0.1) is 6.92 Å². The second kappa shape index (κ2) is 9.14. The number of nitrogens with zero attached hydrogens (tertiary/aromatic N) is 4. The van der Waals surface area contributed by atoms with Crippen molar-refractivity contribution in [1.82, 2.24) is 19.6 Å². The molecule has 0 spiro atoms. The molecule has 166 valence electrons. The first-order valence-corrected chi connectivity index (χ1v) is 11.3. The third-order valence-corrected chi connectivity index (χ3v) is 6.09. The molecule has 3 heterocycles. The summed E-state index contributed by atoms with van der Waals surface area (Å²) in [5.74, 6) is 1.74. The maximum atomic E-state index is 12.7. The Morgan fingerprint density at radius 2 is 1.81 bits per heavy atom. The van der Waals surface area contributed by atoms with Gasteiger partial charge in [-0.05, 0) is 36.2 Å². The smallest absolute Gasteiger partial charge is 0.239 e. The summed E-state index contributed by atoms with van der Waals surface area (Å²) in [5.41, 5.74) is 4.46. The topological polar surface area (TPSA) is 62.6 Å². The number of fused-ring (bicyclic) bond motifs is 1. The summed E-state index contributed by atoms with van der Waals surface area (Å²) in [6, 6.07) is 18.3. The first kappa shape index (κ1) is 20.7. The lowest BCUT2D eigenvalue weighted by Crippen LogP contribution is -2.48. The standard InChI is InChI=1S/C25H29N5O2/c1-19-15-24(30(27-19)22-5-3-2-4-6-22)26-25(31)18-29-12-10-28(11-13-29)17-20-7-8-23-21(16-20)9-14-32-23/h2-8,15-16H,9-14,17-18H2,1H3,(H,26,31). The number of carbonyl (C=O) groups excluding carboxylic acids is 1. The lowest BCUT2D eigenvalue weighted by Gasteiger charge is -2.34. The molecule has 7 heteroatoms. The van der Waals surface area contributed by atoms with Gasteiger partial charge in [0.05, 0.1) is 24.5 Å². The highest BCUT2D eigenvalue weighted by Gasteiger charge is 2.21. The van der Waals surface area contributed by atoms with Crippen LogP contribution in [0.3, 0.4) is 0 Å². The summed E-state index contributed by atoms with van der Waals surface area (Å²) >= 11 is 0. The first-order valence-electron chi connectivity index (χ1n) is 11.3. The average molecular weight is 432 g/mol. The minimum Gasteiger partial charge on any atom is -0.493 e. The van der Waals surface area contributed by atoms with Crippen LogP contribution in [-0.4, -0.2) is 64.8 Å². The van der Waals surface area contributed by atoms with Crippen molar-refractivity contribution < 1.29 is 9.53 Å². The van der Waals surface area contributed by atoms with Gasteiger partial charge < -0.3 is 10.1 Å². The largest absolute Gasteiger partial charge is 0.493 e. The van der Waals surface area contributed by atoms with Crippen molar-refractivity contribution in [2.75, 3.05) is 44.6 Å². The average Bonchev–Trinajstić information content (AvgIpc) is 3.41. The van der Waals surface area contributed by atoms with Crippen LogP contribution in [0.4, 0.5) is 5.82 Å². The highest BCUT2D eigenvalue weighted by molar-refractivity contribution is 5.91. The number of aryl methyl sites for hydroxylation is 1. The molecule has 2 aliphatic heterocycles. The fourth-order valence-electron chi connectivity index (χ4n) is 4.44. The molecule has 7 nitrogen and oxygen atoms in total. The fourth-order valence-corrected chi connectivity index (χ4v) is 4.44. The Balaban J connectivity index is 1.13. The van der Waals surface area contributed by atoms with E-state index in [0.29, 0.717) is 12.4 Å². The molecule has 0 unspecified atom stereocenters. The lowest BCUT2D eigenvalue weighted by atomic mass is 10.1. The summed E-state index contributed by atoms with van der Waals surface area (Å²) < 4.78 is 7.39. The summed E-state index contributed by atoms with van der Waals surface area (Å²) in [6.45, 7) is 7.76. The van der Waals surface area contributed by atoms with E-state index in [9.17, 15) is 4.79 Å². The normalized spacial score (nSPS) is 16.5. The molecule has 1 amide bonds. The van der Waals surface area contributed by atoms with Gasteiger partial charge in [0, 0.05) is 45.2 Å². The van der Waals surface area contributed by atoms with Crippen LogP contribution in [0.1, 0.15) is 16.8 Å². The molecule has 0 bridgehead atoms. The van der Waals surface area contributed by atoms with Crippen molar-refractivity contribution in [3.63, 3.8) is 0 Å². The van der Waals surface area contributed by atoms with Crippen molar-refractivity contribution in [2.45, 2.75) is 19.9 Å². The molecule has 2 aromatic carbocycles. The minimum atomic E-state index is -0.00541. The zero-order chi connectivity index (χ0) is 21.9. The molecule has 1 aromatic heterocycles. The van der Waals surface area contributed by atoms with Crippen molar-refractivity contribution in [1.29, 1.82) is 0 Å². The van der Waals surface area contributed by atoms with Gasteiger partial charge in [-0.2, -0.15) is 5.10 Å². The van der Waals surface area contributed by atoms with E-state index in [1.807, 2.05) is 43.3 Å². The maximum Gasteiger partial charge on any atom is 0.239 e. The van der Waals surface area contributed by atoms with Crippen molar-refractivity contribution in [2.24, 2.45) is 0 Å². The summed E-state index contributed by atoms with van der Waals surface area (Å²) in [6.07, 6.45) is 1.01. The van der Waals surface area contributed by atoms with Gasteiger partial charge in [-0.3, -0.25) is 14.6 Å². The highest BCUT2D eigenvalue weighted by atomic mass is 16.5. The summed E-state index contributed by atoms with van der Waals surface area (Å²) in [5, 5.41) is 7.57. The third kappa shape index (κ3) is 4.69. The maximum absolute atomic E-state index is 12.7. The number of hydrogen-bond acceptors (Lipinski definition) is 5. The SMILES string of the molecule is Cc1cc(NC(=O)CN2CCN(Cc3ccc4c(c3)CCO4)CC2)n(-c2ccccc2)n1. The Hall–Kier alpha value is -3.16. The number of anilines is 1. The van der Waals surface area contributed by atoms with Gasteiger partial charge in [0.25, 0.3) is 0 Å². The van der Waals surface area contributed by atoms with E-state index in [2.05, 4.69) is 38.4 Å². The number of para-hydroxylation sites is 1. The van der Waals surface area contributed by atoms with E-state index in [0.717, 1.165) is 62.9 Å².